The number of aromatic nitrogens is 5. The number of piperidine rings is 1. The molecular formula is C19H29N7O. The molecule has 27 heavy (non-hydrogen) atoms. The Morgan fingerprint density at radius 3 is 2.52 bits per heavy atom. The summed E-state index contributed by atoms with van der Waals surface area (Å²) in [6, 6.07) is 2.39. The van der Waals surface area contributed by atoms with Gasteiger partial charge in [-0.15, -0.1) is 10.2 Å². The third-order valence-corrected chi connectivity index (χ3v) is 5.49. The Bertz CT molecular complexity index is 797. The van der Waals surface area contributed by atoms with E-state index in [2.05, 4.69) is 38.9 Å². The monoisotopic (exact) mass is 371 g/mol. The van der Waals surface area contributed by atoms with E-state index < -0.39 is 0 Å². The van der Waals surface area contributed by atoms with Crippen molar-refractivity contribution in [1.82, 2.24) is 34.3 Å². The zero-order valence-electron chi connectivity index (χ0n) is 16.5. The van der Waals surface area contributed by atoms with Gasteiger partial charge in [-0.25, -0.2) is 0 Å². The van der Waals surface area contributed by atoms with Crippen LogP contribution in [0.2, 0.25) is 0 Å². The topological polar surface area (TPSA) is 72.1 Å². The number of carbonyl (C=O) groups excluding carboxylic acids is 1. The molecule has 0 radical (unpaired) electrons. The van der Waals surface area contributed by atoms with Gasteiger partial charge in [-0.3, -0.25) is 9.48 Å². The van der Waals surface area contributed by atoms with Crippen molar-refractivity contribution >= 4 is 5.91 Å². The minimum absolute atomic E-state index is 0.0395. The maximum absolute atomic E-state index is 12.7. The molecule has 0 spiro atoms. The number of hydrogen-bond donors (Lipinski definition) is 0. The smallest absolute Gasteiger partial charge is 0.274 e. The molecule has 1 saturated carbocycles. The molecule has 3 heterocycles. The average Bonchev–Trinajstić information content (AvgIpc) is 3.24. The normalized spacial score (nSPS) is 18.4. The second-order valence-corrected chi connectivity index (χ2v) is 7.94. The molecule has 0 N–H and O–H groups in total. The van der Waals surface area contributed by atoms with E-state index in [1.54, 1.807) is 4.68 Å². The summed E-state index contributed by atoms with van der Waals surface area (Å²) in [4.78, 5) is 16.8. The van der Waals surface area contributed by atoms with Crippen LogP contribution in [0.1, 0.15) is 66.7 Å². The minimum atomic E-state index is 0.0395. The third-order valence-electron chi connectivity index (χ3n) is 5.49. The molecule has 8 heteroatoms. The first-order valence-corrected chi connectivity index (χ1v) is 9.98. The number of nitrogens with zero attached hydrogens (tertiary/aromatic N) is 7. The van der Waals surface area contributed by atoms with Gasteiger partial charge in [0.2, 0.25) is 0 Å². The van der Waals surface area contributed by atoms with E-state index in [9.17, 15) is 4.79 Å². The largest absolute Gasteiger partial charge is 0.337 e. The second kappa shape index (κ2) is 7.42. The molecule has 1 aliphatic carbocycles. The van der Waals surface area contributed by atoms with Crippen LogP contribution in [0.5, 0.6) is 0 Å². The maximum Gasteiger partial charge on any atom is 0.274 e. The highest BCUT2D eigenvalue weighted by atomic mass is 16.2. The van der Waals surface area contributed by atoms with Gasteiger partial charge in [0, 0.05) is 37.8 Å². The predicted octanol–water partition coefficient (Wildman–Crippen LogP) is 1.91. The highest BCUT2D eigenvalue weighted by Crippen LogP contribution is 2.40. The zero-order valence-corrected chi connectivity index (χ0v) is 16.5. The van der Waals surface area contributed by atoms with Crippen LogP contribution in [0.4, 0.5) is 0 Å². The molecule has 2 aromatic heterocycles. The summed E-state index contributed by atoms with van der Waals surface area (Å²) in [7, 11) is 4.13. The fourth-order valence-electron chi connectivity index (χ4n) is 3.89. The Hall–Kier alpha value is -2.22. The Balaban J connectivity index is 1.43. The summed E-state index contributed by atoms with van der Waals surface area (Å²) < 4.78 is 4.18. The molecule has 4 rings (SSSR count). The van der Waals surface area contributed by atoms with Gasteiger partial charge in [-0.1, -0.05) is 0 Å². The van der Waals surface area contributed by atoms with Gasteiger partial charge in [0.25, 0.3) is 5.91 Å². The summed E-state index contributed by atoms with van der Waals surface area (Å²) in [6.45, 7) is 5.13. The molecule has 0 atom stereocenters. The van der Waals surface area contributed by atoms with Crippen molar-refractivity contribution in [3.8, 4) is 0 Å². The SMILES string of the molecule is CCn1ccc(C(=O)N2CCC(c3nnc(CN(C)C)n3C3CC3)CC2)n1. The van der Waals surface area contributed by atoms with Crippen molar-refractivity contribution in [3.05, 3.63) is 29.6 Å². The number of hydrogen-bond acceptors (Lipinski definition) is 5. The average molecular weight is 371 g/mol. The van der Waals surface area contributed by atoms with E-state index >= 15 is 0 Å². The number of amides is 1. The zero-order chi connectivity index (χ0) is 19.0. The van der Waals surface area contributed by atoms with Crippen molar-refractivity contribution in [3.63, 3.8) is 0 Å². The van der Waals surface area contributed by atoms with Crippen molar-refractivity contribution < 1.29 is 4.79 Å². The number of likely N-dealkylation sites (tertiary alicyclic amines) is 1. The molecule has 1 saturated heterocycles. The third kappa shape index (κ3) is 3.76. The summed E-state index contributed by atoms with van der Waals surface area (Å²) in [6.07, 6.45) is 6.19. The molecule has 0 unspecified atom stereocenters. The van der Waals surface area contributed by atoms with E-state index in [-0.39, 0.29) is 5.91 Å². The second-order valence-electron chi connectivity index (χ2n) is 7.94. The summed E-state index contributed by atoms with van der Waals surface area (Å²) in [5.74, 6) is 2.61. The van der Waals surface area contributed by atoms with Crippen molar-refractivity contribution in [2.45, 2.75) is 57.7 Å². The summed E-state index contributed by atoms with van der Waals surface area (Å²) in [5, 5.41) is 13.4. The first-order chi connectivity index (χ1) is 13.1. The minimum Gasteiger partial charge on any atom is -0.337 e. The standard InChI is InChI=1S/C19H29N7O/c1-4-25-12-9-16(22-25)19(27)24-10-7-14(8-11-24)18-21-20-17(13-23(2)3)26(18)15-5-6-15/h9,12,14-15H,4-8,10-11,13H2,1-3H3. The Morgan fingerprint density at radius 2 is 1.93 bits per heavy atom. The Labute approximate surface area is 160 Å². The van der Waals surface area contributed by atoms with Gasteiger partial charge in [0.05, 0.1) is 6.54 Å². The summed E-state index contributed by atoms with van der Waals surface area (Å²) >= 11 is 0. The molecular weight excluding hydrogens is 342 g/mol. The molecule has 2 aromatic rings. The first-order valence-electron chi connectivity index (χ1n) is 9.98. The van der Waals surface area contributed by atoms with Crippen LogP contribution in [0, 0.1) is 0 Å². The van der Waals surface area contributed by atoms with Crippen LogP contribution in [-0.2, 0) is 13.1 Å². The van der Waals surface area contributed by atoms with E-state index in [1.165, 1.54) is 12.8 Å². The highest BCUT2D eigenvalue weighted by molar-refractivity contribution is 5.92. The van der Waals surface area contributed by atoms with Crippen molar-refractivity contribution in [2.24, 2.45) is 0 Å². The van der Waals surface area contributed by atoms with Crippen LogP contribution in [0.15, 0.2) is 12.3 Å². The number of carbonyl (C=O) groups is 1. The lowest BCUT2D eigenvalue weighted by Crippen LogP contribution is -2.38. The van der Waals surface area contributed by atoms with Crippen molar-refractivity contribution in [1.29, 1.82) is 0 Å². The highest BCUT2D eigenvalue weighted by Gasteiger charge is 2.34. The fraction of sp³-hybridized carbons (Fsp3) is 0.684. The molecule has 2 aliphatic rings. The molecule has 1 amide bonds. The van der Waals surface area contributed by atoms with Crippen LogP contribution in [0.3, 0.4) is 0 Å². The molecule has 146 valence electrons. The van der Waals surface area contributed by atoms with Gasteiger partial charge in [-0.2, -0.15) is 5.10 Å². The Morgan fingerprint density at radius 1 is 1.19 bits per heavy atom. The van der Waals surface area contributed by atoms with Crippen LogP contribution >= 0.6 is 0 Å². The van der Waals surface area contributed by atoms with Gasteiger partial charge in [0.15, 0.2) is 0 Å². The Kier molecular flexibility index (Phi) is 4.99. The van der Waals surface area contributed by atoms with Gasteiger partial charge in [-0.05, 0) is 52.8 Å². The molecule has 2 fully saturated rings. The fourth-order valence-corrected chi connectivity index (χ4v) is 3.89. The number of aryl methyl sites for hydroxylation is 1. The predicted molar refractivity (Wildman–Crippen MR) is 101 cm³/mol. The van der Waals surface area contributed by atoms with Crippen molar-refractivity contribution in [2.75, 3.05) is 27.2 Å². The van der Waals surface area contributed by atoms with Crippen LogP contribution in [0.25, 0.3) is 0 Å². The summed E-state index contributed by atoms with van der Waals surface area (Å²) in [5.41, 5.74) is 0.546. The van der Waals surface area contributed by atoms with Gasteiger partial charge in [0.1, 0.15) is 17.3 Å². The molecule has 0 bridgehead atoms. The molecule has 8 nitrogen and oxygen atoms in total. The van der Waals surface area contributed by atoms with Gasteiger partial charge >= 0.3 is 0 Å². The number of rotatable bonds is 6. The van der Waals surface area contributed by atoms with E-state index in [4.69, 9.17) is 0 Å². The lowest BCUT2D eigenvalue weighted by Gasteiger charge is -2.31. The van der Waals surface area contributed by atoms with E-state index in [0.29, 0.717) is 17.7 Å². The van der Waals surface area contributed by atoms with Crippen LogP contribution in [-0.4, -0.2) is 67.4 Å². The quantitative estimate of drug-likeness (QED) is 0.776. The van der Waals surface area contributed by atoms with Crippen LogP contribution < -0.4 is 0 Å². The first kappa shape index (κ1) is 18.2. The van der Waals surface area contributed by atoms with E-state index in [1.807, 2.05) is 24.1 Å². The maximum atomic E-state index is 12.7. The molecule has 1 aliphatic heterocycles. The lowest BCUT2D eigenvalue weighted by atomic mass is 9.95. The lowest BCUT2D eigenvalue weighted by molar-refractivity contribution is 0.0703. The molecule has 0 aromatic carbocycles. The van der Waals surface area contributed by atoms with E-state index in [0.717, 1.165) is 50.7 Å². The van der Waals surface area contributed by atoms with Gasteiger partial charge < -0.3 is 14.4 Å².